The van der Waals surface area contributed by atoms with Gasteiger partial charge >= 0.3 is 0 Å². The Kier molecular flexibility index (Phi) is 3.94. The zero-order valence-electron chi connectivity index (χ0n) is 14.2. The molecular weight excluding hydrogens is 260 g/mol. The van der Waals surface area contributed by atoms with E-state index in [2.05, 4.69) is 6.92 Å². The molecule has 3 aliphatic carbocycles. The van der Waals surface area contributed by atoms with Gasteiger partial charge < -0.3 is 10.2 Å². The molecule has 0 spiro atoms. The van der Waals surface area contributed by atoms with Crippen molar-refractivity contribution in [2.24, 2.45) is 22.7 Å². The molecule has 3 fully saturated rings. The van der Waals surface area contributed by atoms with Gasteiger partial charge in [0.15, 0.2) is 0 Å². The van der Waals surface area contributed by atoms with Crippen LogP contribution < -0.4 is 0 Å². The van der Waals surface area contributed by atoms with Crippen LogP contribution in [-0.4, -0.2) is 21.9 Å². The van der Waals surface area contributed by atoms with Crippen LogP contribution in [0.5, 0.6) is 0 Å². The quantitative estimate of drug-likeness (QED) is 0.794. The lowest BCUT2D eigenvalue weighted by Crippen LogP contribution is -2.42. The standard InChI is InChI=1S/C19H34O2/c1-17(2,21)9-5-11-19(12-13-19)16-8-7-14-15(20)6-4-10-18(14,16)3/h14-16,20-21H,4-13H2,1-3H3/t14?,15?,16-,18?/m0/s1. The van der Waals surface area contributed by atoms with Crippen LogP contribution in [-0.2, 0) is 0 Å². The van der Waals surface area contributed by atoms with Crippen LogP contribution in [0.15, 0.2) is 0 Å². The second-order valence-electron chi connectivity index (χ2n) is 9.23. The number of hydrogen-bond donors (Lipinski definition) is 2. The van der Waals surface area contributed by atoms with Crippen LogP contribution in [0.1, 0.15) is 85.0 Å². The monoisotopic (exact) mass is 294 g/mol. The summed E-state index contributed by atoms with van der Waals surface area (Å²) in [7, 11) is 0. The molecule has 0 aromatic rings. The Labute approximate surface area is 130 Å². The van der Waals surface area contributed by atoms with Gasteiger partial charge in [-0.3, -0.25) is 0 Å². The second-order valence-corrected chi connectivity index (χ2v) is 9.23. The first-order chi connectivity index (χ1) is 9.77. The number of aliphatic hydroxyl groups is 2. The summed E-state index contributed by atoms with van der Waals surface area (Å²) < 4.78 is 0. The topological polar surface area (TPSA) is 40.5 Å². The van der Waals surface area contributed by atoms with Crippen molar-refractivity contribution in [2.75, 3.05) is 0 Å². The van der Waals surface area contributed by atoms with E-state index in [1.54, 1.807) is 0 Å². The molecule has 0 saturated heterocycles. The van der Waals surface area contributed by atoms with Gasteiger partial charge in [-0.2, -0.15) is 0 Å². The van der Waals surface area contributed by atoms with Crippen LogP contribution in [0.2, 0.25) is 0 Å². The SMILES string of the molecule is CC(C)(O)CCCC1([C@H]2CCC3C(O)CCCC32C)CC1. The first kappa shape index (κ1) is 15.8. The van der Waals surface area contributed by atoms with Gasteiger partial charge in [0.2, 0.25) is 0 Å². The molecule has 2 N–H and O–H groups in total. The summed E-state index contributed by atoms with van der Waals surface area (Å²) in [5.41, 5.74) is 0.438. The van der Waals surface area contributed by atoms with Gasteiger partial charge in [0.25, 0.3) is 0 Å². The zero-order valence-corrected chi connectivity index (χ0v) is 14.2. The Morgan fingerprint density at radius 2 is 1.81 bits per heavy atom. The Balaban J connectivity index is 1.66. The van der Waals surface area contributed by atoms with E-state index < -0.39 is 5.60 Å². The summed E-state index contributed by atoms with van der Waals surface area (Å²) in [5, 5.41) is 20.3. The Hall–Kier alpha value is -0.0800. The molecule has 0 radical (unpaired) electrons. The highest BCUT2D eigenvalue weighted by Gasteiger charge is 2.61. The number of hydrogen-bond acceptors (Lipinski definition) is 2. The highest BCUT2D eigenvalue weighted by molar-refractivity contribution is 5.10. The van der Waals surface area contributed by atoms with E-state index in [1.165, 1.54) is 44.9 Å². The summed E-state index contributed by atoms with van der Waals surface area (Å²) in [6.07, 6.45) is 12.3. The smallest absolute Gasteiger partial charge is 0.0591 e. The average molecular weight is 294 g/mol. The third-order valence-corrected chi connectivity index (χ3v) is 7.18. The van der Waals surface area contributed by atoms with Crippen molar-refractivity contribution in [1.29, 1.82) is 0 Å². The Bertz CT molecular complexity index is 380. The number of aliphatic hydroxyl groups excluding tert-OH is 1. The largest absolute Gasteiger partial charge is 0.393 e. The third kappa shape index (κ3) is 2.91. The van der Waals surface area contributed by atoms with Gasteiger partial charge in [-0.15, -0.1) is 0 Å². The summed E-state index contributed by atoms with van der Waals surface area (Å²) in [5.74, 6) is 1.38. The fourth-order valence-corrected chi connectivity index (χ4v) is 5.96. The van der Waals surface area contributed by atoms with Crippen molar-refractivity contribution in [3.63, 3.8) is 0 Å². The fraction of sp³-hybridized carbons (Fsp3) is 1.00. The lowest BCUT2D eigenvalue weighted by molar-refractivity contribution is -0.0342. The molecule has 3 aliphatic rings. The van der Waals surface area contributed by atoms with Crippen molar-refractivity contribution in [2.45, 2.75) is 96.7 Å². The predicted molar refractivity (Wildman–Crippen MR) is 86.0 cm³/mol. The van der Waals surface area contributed by atoms with Crippen molar-refractivity contribution >= 4 is 0 Å². The van der Waals surface area contributed by atoms with Crippen LogP contribution >= 0.6 is 0 Å². The van der Waals surface area contributed by atoms with Gasteiger partial charge in [0.05, 0.1) is 11.7 Å². The maximum Gasteiger partial charge on any atom is 0.0591 e. The molecule has 0 heterocycles. The van der Waals surface area contributed by atoms with Crippen LogP contribution in [0.25, 0.3) is 0 Å². The van der Waals surface area contributed by atoms with Crippen molar-refractivity contribution in [3.05, 3.63) is 0 Å². The fourth-order valence-electron chi connectivity index (χ4n) is 5.96. The first-order valence-electron chi connectivity index (χ1n) is 9.17. The highest BCUT2D eigenvalue weighted by atomic mass is 16.3. The summed E-state index contributed by atoms with van der Waals surface area (Å²) in [4.78, 5) is 0. The molecule has 122 valence electrons. The first-order valence-corrected chi connectivity index (χ1v) is 9.17. The molecule has 0 bridgehead atoms. The molecule has 21 heavy (non-hydrogen) atoms. The van der Waals surface area contributed by atoms with E-state index >= 15 is 0 Å². The molecule has 3 unspecified atom stereocenters. The van der Waals surface area contributed by atoms with E-state index in [0.29, 0.717) is 16.7 Å². The molecule has 2 nitrogen and oxygen atoms in total. The minimum atomic E-state index is -0.515. The number of rotatable bonds is 5. The lowest BCUT2D eigenvalue weighted by Gasteiger charge is -2.46. The summed E-state index contributed by atoms with van der Waals surface area (Å²) >= 11 is 0. The molecular formula is C19H34O2. The van der Waals surface area contributed by atoms with E-state index in [1.807, 2.05) is 13.8 Å². The Morgan fingerprint density at radius 3 is 2.43 bits per heavy atom. The van der Waals surface area contributed by atoms with Gasteiger partial charge in [0.1, 0.15) is 0 Å². The zero-order chi connectivity index (χ0) is 15.3. The molecule has 0 aromatic carbocycles. The minimum Gasteiger partial charge on any atom is -0.393 e. The second kappa shape index (κ2) is 5.23. The van der Waals surface area contributed by atoms with Crippen LogP contribution in [0.3, 0.4) is 0 Å². The van der Waals surface area contributed by atoms with Gasteiger partial charge in [-0.25, -0.2) is 0 Å². The van der Waals surface area contributed by atoms with E-state index in [0.717, 1.165) is 25.2 Å². The summed E-state index contributed by atoms with van der Waals surface area (Å²) in [6.45, 7) is 6.34. The molecule has 3 rings (SSSR count). The van der Waals surface area contributed by atoms with Gasteiger partial charge in [-0.1, -0.05) is 19.8 Å². The molecule has 0 aromatic heterocycles. The van der Waals surface area contributed by atoms with Gasteiger partial charge in [0, 0.05) is 0 Å². The van der Waals surface area contributed by atoms with Crippen molar-refractivity contribution in [3.8, 4) is 0 Å². The Morgan fingerprint density at radius 1 is 1.10 bits per heavy atom. The minimum absolute atomic E-state index is 0.0408. The van der Waals surface area contributed by atoms with E-state index in [9.17, 15) is 10.2 Å². The molecule has 4 atom stereocenters. The third-order valence-electron chi connectivity index (χ3n) is 7.18. The maximum atomic E-state index is 10.4. The van der Waals surface area contributed by atoms with Crippen molar-refractivity contribution < 1.29 is 10.2 Å². The molecule has 3 saturated carbocycles. The molecule has 0 aliphatic heterocycles. The van der Waals surface area contributed by atoms with E-state index in [4.69, 9.17) is 0 Å². The highest BCUT2D eigenvalue weighted by Crippen LogP contribution is 2.69. The molecule has 0 amide bonds. The van der Waals surface area contributed by atoms with E-state index in [-0.39, 0.29) is 6.10 Å². The summed E-state index contributed by atoms with van der Waals surface area (Å²) in [6, 6.07) is 0. The average Bonchev–Trinajstić information content (AvgIpc) is 3.03. The normalized spacial score (nSPS) is 41.9. The number of fused-ring (bicyclic) bond motifs is 1. The molecule has 2 heteroatoms. The van der Waals surface area contributed by atoms with Crippen LogP contribution in [0.4, 0.5) is 0 Å². The lowest BCUT2D eigenvalue weighted by atomic mass is 9.60. The van der Waals surface area contributed by atoms with Gasteiger partial charge in [-0.05, 0) is 87.9 Å². The van der Waals surface area contributed by atoms with Crippen LogP contribution in [0, 0.1) is 22.7 Å². The maximum absolute atomic E-state index is 10.4. The predicted octanol–water partition coefficient (Wildman–Crippen LogP) is 4.29. The van der Waals surface area contributed by atoms with Crippen molar-refractivity contribution in [1.82, 2.24) is 0 Å².